The summed E-state index contributed by atoms with van der Waals surface area (Å²) >= 11 is 0. The quantitative estimate of drug-likeness (QED) is 0.686. The number of rotatable bonds is 7. The molecule has 134 valence electrons. The van der Waals surface area contributed by atoms with Crippen molar-refractivity contribution in [1.82, 2.24) is 5.32 Å². The van der Waals surface area contributed by atoms with Gasteiger partial charge in [0.2, 0.25) is 0 Å². The van der Waals surface area contributed by atoms with E-state index in [0.29, 0.717) is 11.5 Å². The Morgan fingerprint density at radius 2 is 1.77 bits per heavy atom. The molecule has 1 amide bonds. The zero-order chi connectivity index (χ0) is 18.4. The number of nitrogens with one attached hydrogen (secondary N) is 1. The van der Waals surface area contributed by atoms with E-state index in [-0.39, 0.29) is 19.1 Å². The minimum absolute atomic E-state index is 0.119. The zero-order valence-corrected chi connectivity index (χ0v) is 14.5. The molecule has 0 aromatic heterocycles. The van der Waals surface area contributed by atoms with Gasteiger partial charge in [0.25, 0.3) is 5.91 Å². The highest BCUT2D eigenvalue weighted by Gasteiger charge is 2.12. The largest absolute Gasteiger partial charge is 0.497 e. The highest BCUT2D eigenvalue weighted by Crippen LogP contribution is 2.24. The number of hydrogen-bond donors (Lipinski definition) is 2. The van der Waals surface area contributed by atoms with Crippen molar-refractivity contribution in [2.45, 2.75) is 6.10 Å². The third-order valence-corrected chi connectivity index (χ3v) is 4.09. The molecule has 0 aliphatic rings. The molecular weight excluding hydrogens is 330 g/mol. The molecule has 0 heterocycles. The van der Waals surface area contributed by atoms with E-state index in [0.717, 1.165) is 16.3 Å². The second-order valence-corrected chi connectivity index (χ2v) is 5.86. The Bertz CT molecular complexity index is 889. The summed E-state index contributed by atoms with van der Waals surface area (Å²) in [5.74, 6) is 0.912. The van der Waals surface area contributed by atoms with Crippen LogP contribution in [0.3, 0.4) is 0 Å². The molecule has 5 heteroatoms. The maximum absolute atomic E-state index is 12.0. The molecule has 1 atom stereocenters. The summed E-state index contributed by atoms with van der Waals surface area (Å²) in [4.78, 5) is 12.0. The molecule has 2 N–H and O–H groups in total. The smallest absolute Gasteiger partial charge is 0.258 e. The maximum atomic E-state index is 12.0. The van der Waals surface area contributed by atoms with Gasteiger partial charge in [-0.1, -0.05) is 48.5 Å². The SMILES string of the molecule is COc1cccc(OCC(=O)NCC(O)c2cccc3ccccc23)c1. The van der Waals surface area contributed by atoms with Crippen molar-refractivity contribution in [1.29, 1.82) is 0 Å². The first kappa shape index (κ1) is 17.8. The van der Waals surface area contributed by atoms with Crippen molar-refractivity contribution in [3.05, 3.63) is 72.3 Å². The Labute approximate surface area is 152 Å². The number of fused-ring (bicyclic) bond motifs is 1. The maximum Gasteiger partial charge on any atom is 0.258 e. The second kappa shape index (κ2) is 8.36. The molecule has 0 aliphatic heterocycles. The van der Waals surface area contributed by atoms with Gasteiger partial charge in [0.15, 0.2) is 6.61 Å². The molecule has 0 saturated carbocycles. The molecule has 5 nitrogen and oxygen atoms in total. The molecule has 1 unspecified atom stereocenters. The first-order valence-electron chi connectivity index (χ1n) is 8.36. The fraction of sp³-hybridized carbons (Fsp3) is 0.190. The minimum atomic E-state index is -0.790. The van der Waals surface area contributed by atoms with Gasteiger partial charge in [0, 0.05) is 12.6 Å². The summed E-state index contributed by atoms with van der Waals surface area (Å²) in [6, 6.07) is 20.6. The van der Waals surface area contributed by atoms with Crippen LogP contribution in [0, 0.1) is 0 Å². The lowest BCUT2D eigenvalue weighted by atomic mass is 10.0. The highest BCUT2D eigenvalue weighted by atomic mass is 16.5. The molecule has 0 spiro atoms. The number of aliphatic hydroxyl groups excluding tert-OH is 1. The molecular formula is C21H21NO4. The van der Waals surface area contributed by atoms with Crippen molar-refractivity contribution in [2.75, 3.05) is 20.3 Å². The van der Waals surface area contributed by atoms with E-state index in [4.69, 9.17) is 9.47 Å². The van der Waals surface area contributed by atoms with E-state index in [2.05, 4.69) is 5.32 Å². The topological polar surface area (TPSA) is 67.8 Å². The number of ether oxygens (including phenoxy) is 2. The Morgan fingerprint density at radius 1 is 1.04 bits per heavy atom. The average molecular weight is 351 g/mol. The molecule has 0 saturated heterocycles. The number of carbonyl (C=O) groups excluding carboxylic acids is 1. The van der Waals surface area contributed by atoms with Crippen molar-refractivity contribution in [3.63, 3.8) is 0 Å². The van der Waals surface area contributed by atoms with Gasteiger partial charge in [0.05, 0.1) is 13.2 Å². The Balaban J connectivity index is 1.55. The predicted molar refractivity (Wildman–Crippen MR) is 100 cm³/mol. The van der Waals surface area contributed by atoms with Gasteiger partial charge in [-0.2, -0.15) is 0 Å². The Hall–Kier alpha value is -3.05. The summed E-state index contributed by atoms with van der Waals surface area (Å²) in [5, 5.41) is 15.2. The molecule has 0 radical (unpaired) electrons. The Morgan fingerprint density at radius 3 is 2.62 bits per heavy atom. The number of benzene rings is 3. The summed E-state index contributed by atoms with van der Waals surface area (Å²) in [6.45, 7) is -0.0102. The third-order valence-electron chi connectivity index (χ3n) is 4.09. The van der Waals surface area contributed by atoms with Gasteiger partial charge in [-0.15, -0.1) is 0 Å². The minimum Gasteiger partial charge on any atom is -0.497 e. The number of methoxy groups -OCH3 is 1. The van der Waals surface area contributed by atoms with Gasteiger partial charge < -0.3 is 19.9 Å². The summed E-state index contributed by atoms with van der Waals surface area (Å²) in [5.41, 5.74) is 0.789. The van der Waals surface area contributed by atoms with Crippen LogP contribution in [0.25, 0.3) is 10.8 Å². The van der Waals surface area contributed by atoms with Crippen LogP contribution in [0.4, 0.5) is 0 Å². The van der Waals surface area contributed by atoms with E-state index in [1.165, 1.54) is 0 Å². The van der Waals surface area contributed by atoms with Crippen molar-refractivity contribution < 1.29 is 19.4 Å². The van der Waals surface area contributed by atoms with Crippen LogP contribution in [-0.2, 0) is 4.79 Å². The van der Waals surface area contributed by atoms with Crippen LogP contribution < -0.4 is 14.8 Å². The van der Waals surface area contributed by atoms with Gasteiger partial charge in [-0.25, -0.2) is 0 Å². The average Bonchev–Trinajstić information content (AvgIpc) is 2.70. The van der Waals surface area contributed by atoms with E-state index >= 15 is 0 Å². The van der Waals surface area contributed by atoms with Crippen LogP contribution in [-0.4, -0.2) is 31.3 Å². The molecule has 3 rings (SSSR count). The molecule has 26 heavy (non-hydrogen) atoms. The number of carbonyl (C=O) groups is 1. The molecule has 0 bridgehead atoms. The number of aliphatic hydroxyl groups is 1. The summed E-state index contributed by atoms with van der Waals surface area (Å²) in [7, 11) is 1.57. The first-order chi connectivity index (χ1) is 12.7. The Kier molecular flexibility index (Phi) is 5.71. The normalized spacial score (nSPS) is 11.8. The molecule has 0 fully saturated rings. The second-order valence-electron chi connectivity index (χ2n) is 5.86. The van der Waals surface area contributed by atoms with Gasteiger partial charge in [0.1, 0.15) is 11.5 Å². The number of amides is 1. The lowest BCUT2D eigenvalue weighted by Crippen LogP contribution is -2.32. The van der Waals surface area contributed by atoms with Crippen LogP contribution >= 0.6 is 0 Å². The van der Waals surface area contributed by atoms with Gasteiger partial charge in [-0.05, 0) is 28.5 Å². The first-order valence-corrected chi connectivity index (χ1v) is 8.36. The molecule has 0 aliphatic carbocycles. The van der Waals surface area contributed by atoms with E-state index < -0.39 is 6.10 Å². The third kappa shape index (κ3) is 4.32. The molecule has 3 aromatic carbocycles. The predicted octanol–water partition coefficient (Wildman–Crippen LogP) is 3.08. The fourth-order valence-corrected chi connectivity index (χ4v) is 2.75. The highest BCUT2D eigenvalue weighted by molar-refractivity contribution is 5.86. The lowest BCUT2D eigenvalue weighted by Gasteiger charge is -2.15. The summed E-state index contributed by atoms with van der Waals surface area (Å²) < 4.78 is 10.6. The van der Waals surface area contributed by atoms with E-state index in [1.54, 1.807) is 31.4 Å². The van der Waals surface area contributed by atoms with Gasteiger partial charge >= 0.3 is 0 Å². The monoisotopic (exact) mass is 351 g/mol. The standard InChI is InChI=1S/C21H21NO4/c1-25-16-8-5-9-17(12-16)26-14-21(24)22-13-20(23)19-11-4-7-15-6-2-3-10-18(15)19/h2-12,20,23H,13-14H2,1H3,(H,22,24). The lowest BCUT2D eigenvalue weighted by molar-refractivity contribution is -0.123. The van der Waals surface area contributed by atoms with Crippen molar-refractivity contribution >= 4 is 16.7 Å². The van der Waals surface area contributed by atoms with Crippen molar-refractivity contribution in [2.24, 2.45) is 0 Å². The zero-order valence-electron chi connectivity index (χ0n) is 14.5. The van der Waals surface area contributed by atoms with Crippen LogP contribution in [0.1, 0.15) is 11.7 Å². The van der Waals surface area contributed by atoms with Crippen LogP contribution in [0.5, 0.6) is 11.5 Å². The van der Waals surface area contributed by atoms with Crippen molar-refractivity contribution in [3.8, 4) is 11.5 Å². The number of hydrogen-bond acceptors (Lipinski definition) is 4. The van der Waals surface area contributed by atoms with Gasteiger partial charge in [-0.3, -0.25) is 4.79 Å². The van der Waals surface area contributed by atoms with Crippen LogP contribution in [0.2, 0.25) is 0 Å². The summed E-state index contributed by atoms with van der Waals surface area (Å²) in [6.07, 6.45) is -0.790. The van der Waals surface area contributed by atoms with E-state index in [1.807, 2.05) is 42.5 Å². The van der Waals surface area contributed by atoms with Crippen LogP contribution in [0.15, 0.2) is 66.7 Å². The van der Waals surface area contributed by atoms with E-state index in [9.17, 15) is 9.90 Å². The molecule has 3 aromatic rings. The fourth-order valence-electron chi connectivity index (χ4n) is 2.75.